The molecule has 11 heteroatoms. The maximum Gasteiger partial charge on any atom is 0.416 e. The van der Waals surface area contributed by atoms with Gasteiger partial charge in [-0.25, -0.2) is 13.2 Å². The Morgan fingerprint density at radius 2 is 1.60 bits per heavy atom. The van der Waals surface area contributed by atoms with Gasteiger partial charge in [0.1, 0.15) is 0 Å². The number of sulfone groups is 1. The first-order valence-corrected chi connectivity index (χ1v) is 15.9. The number of amides is 1. The van der Waals surface area contributed by atoms with Crippen LogP contribution in [-0.2, 0) is 28.1 Å². The summed E-state index contributed by atoms with van der Waals surface area (Å²) in [5.74, 6) is -1.45. The number of fused-ring (bicyclic) bond motifs is 1. The molecule has 7 nitrogen and oxygen atoms in total. The standard InChI is InChI=1S/C34H27F3N2O5S/c1-45(43,44)28-4-2-3-23(18-28)25-17-24-13-16-39(20-21-5-9-27(10-6-21)34(35,36)37)30(24)29(19-25)31(40)38-33(14-15-33)26-11-7-22(8-12-26)32(41)42/h2-13,16-19H,14-15,20H2,1H3,(H,38,40)(H,41,42). The number of aromatic carboxylic acids is 1. The molecule has 1 amide bonds. The van der Waals surface area contributed by atoms with Gasteiger partial charge in [0, 0.05) is 24.4 Å². The SMILES string of the molecule is CS(=O)(=O)c1cccc(-c2cc(C(=O)NC3(c4ccc(C(=O)O)cc4)CC3)c3c(ccn3Cc3ccc(C(F)(F)F)cc3)c2)c1. The summed E-state index contributed by atoms with van der Waals surface area (Å²) in [6.07, 6.45) is -0.281. The smallest absolute Gasteiger partial charge is 0.416 e. The third-order valence-electron chi connectivity index (χ3n) is 8.12. The highest BCUT2D eigenvalue weighted by Gasteiger charge is 2.46. The highest BCUT2D eigenvalue weighted by molar-refractivity contribution is 7.90. The van der Waals surface area contributed by atoms with Gasteiger partial charge in [-0.3, -0.25) is 4.79 Å². The Morgan fingerprint density at radius 1 is 0.911 bits per heavy atom. The molecule has 5 aromatic rings. The largest absolute Gasteiger partial charge is 0.478 e. The van der Waals surface area contributed by atoms with Gasteiger partial charge in [-0.15, -0.1) is 0 Å². The number of nitrogens with zero attached hydrogens (tertiary/aromatic N) is 1. The lowest BCUT2D eigenvalue weighted by Gasteiger charge is -2.20. The zero-order valence-corrected chi connectivity index (χ0v) is 24.7. The second kappa shape index (κ2) is 10.9. The van der Waals surface area contributed by atoms with Crippen LogP contribution in [0, 0.1) is 0 Å². The van der Waals surface area contributed by atoms with Crippen LogP contribution in [0.25, 0.3) is 22.0 Å². The van der Waals surface area contributed by atoms with Gasteiger partial charge in [0.15, 0.2) is 9.84 Å². The Kier molecular flexibility index (Phi) is 7.31. The first-order valence-electron chi connectivity index (χ1n) is 14.0. The quantitative estimate of drug-likeness (QED) is 0.194. The molecule has 2 N–H and O–H groups in total. The van der Waals surface area contributed by atoms with Gasteiger partial charge in [0.25, 0.3) is 5.91 Å². The van der Waals surface area contributed by atoms with E-state index < -0.39 is 39.0 Å². The lowest BCUT2D eigenvalue weighted by molar-refractivity contribution is -0.137. The number of hydrogen-bond donors (Lipinski definition) is 2. The van der Waals surface area contributed by atoms with E-state index in [9.17, 15) is 36.3 Å². The van der Waals surface area contributed by atoms with E-state index in [4.69, 9.17) is 0 Å². The molecule has 0 aliphatic heterocycles. The van der Waals surface area contributed by atoms with Gasteiger partial charge >= 0.3 is 12.1 Å². The second-order valence-corrected chi connectivity index (χ2v) is 13.3. The van der Waals surface area contributed by atoms with E-state index in [0.717, 1.165) is 24.0 Å². The Hall–Kier alpha value is -4.90. The molecule has 4 aromatic carbocycles. The molecule has 0 atom stereocenters. The molecular formula is C34H27F3N2O5S. The number of carbonyl (C=O) groups excluding carboxylic acids is 1. The Morgan fingerprint density at radius 3 is 2.20 bits per heavy atom. The fourth-order valence-electron chi connectivity index (χ4n) is 5.55. The van der Waals surface area contributed by atoms with E-state index in [0.29, 0.717) is 46.0 Å². The van der Waals surface area contributed by atoms with Crippen LogP contribution in [0.2, 0.25) is 0 Å². The number of halogens is 3. The van der Waals surface area contributed by atoms with Crippen molar-refractivity contribution in [3.63, 3.8) is 0 Å². The van der Waals surface area contributed by atoms with Crippen molar-refractivity contribution < 1.29 is 36.3 Å². The molecule has 1 aromatic heterocycles. The predicted molar refractivity (Wildman–Crippen MR) is 163 cm³/mol. The zero-order chi connectivity index (χ0) is 32.1. The monoisotopic (exact) mass is 632 g/mol. The van der Waals surface area contributed by atoms with Gasteiger partial charge < -0.3 is 15.0 Å². The maximum absolute atomic E-state index is 14.1. The summed E-state index contributed by atoms with van der Waals surface area (Å²) in [4.78, 5) is 25.6. The number of hydrogen-bond acceptors (Lipinski definition) is 4. The van der Waals surface area contributed by atoms with E-state index in [1.165, 1.54) is 30.3 Å². The summed E-state index contributed by atoms with van der Waals surface area (Å²) < 4.78 is 65.7. The van der Waals surface area contributed by atoms with Gasteiger partial charge in [-0.05, 0) is 89.7 Å². The number of carboxylic acid groups (broad SMARTS) is 1. The molecule has 1 aliphatic rings. The highest BCUT2D eigenvalue weighted by atomic mass is 32.2. The summed E-state index contributed by atoms with van der Waals surface area (Å²) in [5.41, 5.74) is 2.14. The minimum atomic E-state index is -4.46. The maximum atomic E-state index is 14.1. The first kappa shape index (κ1) is 30.1. The van der Waals surface area contributed by atoms with Crippen molar-refractivity contribution in [2.75, 3.05) is 6.26 Å². The Balaban J connectivity index is 1.42. The molecule has 230 valence electrons. The zero-order valence-electron chi connectivity index (χ0n) is 23.9. The highest BCUT2D eigenvalue weighted by Crippen LogP contribution is 2.46. The summed E-state index contributed by atoms with van der Waals surface area (Å²) in [7, 11) is -3.49. The molecule has 0 radical (unpaired) electrons. The number of benzene rings is 4. The van der Waals surface area contributed by atoms with Crippen LogP contribution in [0.1, 0.15) is 50.2 Å². The van der Waals surface area contributed by atoms with Crippen molar-refractivity contribution >= 4 is 32.6 Å². The first-order chi connectivity index (χ1) is 21.2. The van der Waals surface area contributed by atoms with Crippen LogP contribution in [0.3, 0.4) is 0 Å². The van der Waals surface area contributed by atoms with Crippen molar-refractivity contribution in [3.8, 4) is 11.1 Å². The molecule has 1 fully saturated rings. The van der Waals surface area contributed by atoms with Crippen LogP contribution in [0.5, 0.6) is 0 Å². The van der Waals surface area contributed by atoms with Crippen LogP contribution in [-0.4, -0.2) is 36.2 Å². The van der Waals surface area contributed by atoms with Gasteiger partial charge in [-0.1, -0.05) is 36.4 Å². The van der Waals surface area contributed by atoms with Crippen molar-refractivity contribution in [2.24, 2.45) is 0 Å². The van der Waals surface area contributed by atoms with Crippen LogP contribution in [0.4, 0.5) is 13.2 Å². The van der Waals surface area contributed by atoms with E-state index in [1.807, 2.05) is 6.07 Å². The van der Waals surface area contributed by atoms with Gasteiger partial charge in [-0.2, -0.15) is 13.2 Å². The summed E-state index contributed by atoms with van der Waals surface area (Å²) in [6, 6.07) is 23.0. The van der Waals surface area contributed by atoms with E-state index in [2.05, 4.69) is 5.32 Å². The fraction of sp³-hybridized carbons (Fsp3) is 0.176. The number of carbonyl (C=O) groups is 2. The molecule has 45 heavy (non-hydrogen) atoms. The number of alkyl halides is 3. The summed E-state index contributed by atoms with van der Waals surface area (Å²) >= 11 is 0. The average Bonchev–Trinajstić information content (AvgIpc) is 3.67. The Labute approximate surface area is 256 Å². The predicted octanol–water partition coefficient (Wildman–Crippen LogP) is 6.90. The molecular weight excluding hydrogens is 605 g/mol. The number of carboxylic acids is 1. The lowest BCUT2D eigenvalue weighted by atomic mass is 9.98. The van der Waals surface area contributed by atoms with Crippen LogP contribution >= 0.6 is 0 Å². The molecule has 0 saturated heterocycles. The van der Waals surface area contributed by atoms with Crippen LogP contribution < -0.4 is 5.32 Å². The van der Waals surface area contributed by atoms with E-state index >= 15 is 0 Å². The molecule has 0 spiro atoms. The third kappa shape index (κ3) is 6.08. The molecule has 0 unspecified atom stereocenters. The molecule has 0 bridgehead atoms. The number of nitrogens with one attached hydrogen (secondary N) is 1. The van der Waals surface area contributed by atoms with Gasteiger partial charge in [0.2, 0.25) is 0 Å². The topological polar surface area (TPSA) is 105 Å². The summed E-state index contributed by atoms with van der Waals surface area (Å²) in [5, 5.41) is 13.1. The van der Waals surface area contributed by atoms with Crippen molar-refractivity contribution in [1.82, 2.24) is 9.88 Å². The second-order valence-electron chi connectivity index (χ2n) is 11.3. The van der Waals surface area contributed by atoms with Crippen LogP contribution in [0.15, 0.2) is 102 Å². The average molecular weight is 633 g/mol. The number of aromatic nitrogens is 1. The molecule has 1 heterocycles. The molecule has 6 rings (SSSR count). The normalized spacial score (nSPS) is 14.3. The van der Waals surface area contributed by atoms with Crippen molar-refractivity contribution in [1.29, 1.82) is 0 Å². The van der Waals surface area contributed by atoms with Gasteiger partial charge in [0.05, 0.1) is 32.6 Å². The van der Waals surface area contributed by atoms with Crippen molar-refractivity contribution in [3.05, 3.63) is 125 Å². The van der Waals surface area contributed by atoms with E-state index in [-0.39, 0.29) is 17.0 Å². The minimum absolute atomic E-state index is 0.132. The third-order valence-corrected chi connectivity index (χ3v) is 9.23. The van der Waals surface area contributed by atoms with E-state index in [1.54, 1.807) is 53.2 Å². The number of rotatable bonds is 8. The Bertz CT molecular complexity index is 2060. The van der Waals surface area contributed by atoms with Crippen molar-refractivity contribution in [2.45, 2.75) is 36.0 Å². The lowest BCUT2D eigenvalue weighted by Crippen LogP contribution is -2.35. The minimum Gasteiger partial charge on any atom is -0.478 e. The fourth-order valence-corrected chi connectivity index (χ4v) is 6.22. The summed E-state index contributed by atoms with van der Waals surface area (Å²) in [6.45, 7) is 0.201. The molecule has 1 aliphatic carbocycles. The molecule has 1 saturated carbocycles.